The van der Waals surface area contributed by atoms with Gasteiger partial charge >= 0.3 is 5.97 Å². The highest BCUT2D eigenvalue weighted by Crippen LogP contribution is 2.32. The van der Waals surface area contributed by atoms with Gasteiger partial charge in [-0.15, -0.1) is 0 Å². The van der Waals surface area contributed by atoms with Crippen LogP contribution in [0.15, 0.2) is 23.8 Å². The van der Waals surface area contributed by atoms with Crippen molar-refractivity contribution in [3.8, 4) is 0 Å². The van der Waals surface area contributed by atoms with Crippen molar-refractivity contribution in [1.82, 2.24) is 0 Å². The van der Waals surface area contributed by atoms with Crippen molar-refractivity contribution in [3.05, 3.63) is 23.8 Å². The summed E-state index contributed by atoms with van der Waals surface area (Å²) < 4.78 is 5.16. The first-order valence-corrected chi connectivity index (χ1v) is 4.02. The molecule has 0 aromatic carbocycles. The predicted molar refractivity (Wildman–Crippen MR) is 47.7 cm³/mol. The number of allylic oxidation sites excluding steroid dienone is 1. The second-order valence-corrected chi connectivity index (χ2v) is 3.56. The van der Waals surface area contributed by atoms with Crippen molar-refractivity contribution in [2.24, 2.45) is 0 Å². The van der Waals surface area contributed by atoms with Gasteiger partial charge in [-0.05, 0) is 26.8 Å². The molecule has 1 atom stereocenters. The van der Waals surface area contributed by atoms with Crippen molar-refractivity contribution >= 4 is 5.97 Å². The molecule has 0 radical (unpaired) electrons. The minimum atomic E-state index is -0.482. The van der Waals surface area contributed by atoms with E-state index in [9.17, 15) is 4.79 Å². The van der Waals surface area contributed by atoms with E-state index in [-0.39, 0.29) is 5.97 Å². The molecule has 0 bridgehead atoms. The van der Waals surface area contributed by atoms with Crippen LogP contribution < -0.4 is 0 Å². The normalized spacial score (nSPS) is 28.6. The Bertz CT molecular complexity index is 259. The molecule has 12 heavy (non-hydrogen) atoms. The summed E-state index contributed by atoms with van der Waals surface area (Å²) >= 11 is 0. The Kier molecular flexibility index (Phi) is 2.09. The molecule has 1 aliphatic heterocycles. The molecule has 1 rings (SSSR count). The van der Waals surface area contributed by atoms with Crippen LogP contribution in [0.2, 0.25) is 0 Å². The van der Waals surface area contributed by atoms with E-state index in [1.165, 1.54) is 0 Å². The second-order valence-electron chi connectivity index (χ2n) is 3.56. The van der Waals surface area contributed by atoms with Crippen LogP contribution in [0.1, 0.15) is 27.2 Å². The van der Waals surface area contributed by atoms with Crippen LogP contribution in [0.5, 0.6) is 0 Å². The molecule has 1 aliphatic rings. The maximum Gasteiger partial charge on any atom is 0.334 e. The largest absolute Gasteiger partial charge is 0.451 e. The molecule has 0 spiro atoms. The van der Waals surface area contributed by atoms with Gasteiger partial charge in [-0.2, -0.15) is 0 Å². The number of hydrogen-bond acceptors (Lipinski definition) is 2. The first-order valence-electron chi connectivity index (χ1n) is 4.02. The van der Waals surface area contributed by atoms with Gasteiger partial charge in [-0.25, -0.2) is 4.79 Å². The number of cyclic esters (lactones) is 1. The van der Waals surface area contributed by atoms with Crippen molar-refractivity contribution in [1.29, 1.82) is 0 Å². The lowest BCUT2D eigenvalue weighted by Gasteiger charge is -2.15. The van der Waals surface area contributed by atoms with Crippen LogP contribution in [-0.4, -0.2) is 11.6 Å². The second kappa shape index (κ2) is 2.77. The summed E-state index contributed by atoms with van der Waals surface area (Å²) in [5, 5.41) is 0. The van der Waals surface area contributed by atoms with Crippen LogP contribution in [-0.2, 0) is 9.53 Å². The number of ether oxygens (including phenoxy) is 1. The molecule has 0 aromatic heterocycles. The molecule has 0 N–H and O–H groups in total. The van der Waals surface area contributed by atoms with Gasteiger partial charge in [0.05, 0.1) is 0 Å². The lowest BCUT2D eigenvalue weighted by Crippen LogP contribution is -2.19. The van der Waals surface area contributed by atoms with Crippen molar-refractivity contribution < 1.29 is 9.53 Å². The van der Waals surface area contributed by atoms with Crippen LogP contribution in [0, 0.1) is 0 Å². The molecular weight excluding hydrogens is 152 g/mol. The average molecular weight is 166 g/mol. The molecule has 1 heterocycles. The van der Waals surface area contributed by atoms with Crippen LogP contribution >= 0.6 is 0 Å². The van der Waals surface area contributed by atoms with Gasteiger partial charge in [0.2, 0.25) is 0 Å². The zero-order valence-corrected chi connectivity index (χ0v) is 7.81. The van der Waals surface area contributed by atoms with Crippen LogP contribution in [0.25, 0.3) is 0 Å². The zero-order chi connectivity index (χ0) is 9.35. The molecule has 1 fully saturated rings. The fourth-order valence-electron chi connectivity index (χ4n) is 1.23. The third kappa shape index (κ3) is 1.42. The number of hydrogen-bond donors (Lipinski definition) is 0. The Balaban J connectivity index is 2.97. The zero-order valence-electron chi connectivity index (χ0n) is 7.81. The van der Waals surface area contributed by atoms with E-state index < -0.39 is 5.60 Å². The summed E-state index contributed by atoms with van der Waals surface area (Å²) in [4.78, 5) is 11.3. The van der Waals surface area contributed by atoms with E-state index in [1.807, 2.05) is 20.8 Å². The highest BCUT2D eigenvalue weighted by Gasteiger charge is 2.37. The summed E-state index contributed by atoms with van der Waals surface area (Å²) in [5.74, 6) is -0.197. The SMILES string of the molecule is C=CC1(C)CC(=C(C)C)C(=O)O1. The molecule has 1 unspecified atom stereocenters. The van der Waals surface area contributed by atoms with Gasteiger partial charge in [0.25, 0.3) is 0 Å². The van der Waals surface area contributed by atoms with Gasteiger partial charge < -0.3 is 4.74 Å². The lowest BCUT2D eigenvalue weighted by molar-refractivity contribution is -0.142. The van der Waals surface area contributed by atoms with E-state index in [0.29, 0.717) is 6.42 Å². The number of rotatable bonds is 1. The van der Waals surface area contributed by atoms with Crippen LogP contribution in [0.3, 0.4) is 0 Å². The third-order valence-corrected chi connectivity index (χ3v) is 2.14. The average Bonchev–Trinajstić information content (AvgIpc) is 2.28. The van der Waals surface area contributed by atoms with Gasteiger partial charge in [-0.3, -0.25) is 0 Å². The standard InChI is InChI=1S/C10H14O2/c1-5-10(4)6-8(7(2)3)9(11)12-10/h5H,1,6H2,2-4H3. The minimum absolute atomic E-state index is 0.197. The minimum Gasteiger partial charge on any atom is -0.451 e. The molecule has 0 aromatic rings. The fourth-order valence-corrected chi connectivity index (χ4v) is 1.23. The van der Waals surface area contributed by atoms with Gasteiger partial charge in [0.1, 0.15) is 5.60 Å². The maximum absolute atomic E-state index is 11.3. The fraction of sp³-hybridized carbons (Fsp3) is 0.500. The summed E-state index contributed by atoms with van der Waals surface area (Å²) in [6, 6.07) is 0. The van der Waals surface area contributed by atoms with E-state index in [0.717, 1.165) is 11.1 Å². The summed E-state index contributed by atoms with van der Waals surface area (Å²) in [6.07, 6.45) is 2.33. The highest BCUT2D eigenvalue weighted by molar-refractivity contribution is 5.92. The Morgan fingerprint density at radius 2 is 2.25 bits per heavy atom. The Labute approximate surface area is 72.9 Å². The molecule has 0 amide bonds. The summed E-state index contributed by atoms with van der Waals surface area (Å²) in [5.41, 5.74) is 1.34. The van der Waals surface area contributed by atoms with E-state index in [4.69, 9.17) is 4.74 Å². The third-order valence-electron chi connectivity index (χ3n) is 2.14. The molecular formula is C10H14O2. The monoisotopic (exact) mass is 166 g/mol. The molecule has 0 saturated carbocycles. The molecule has 1 saturated heterocycles. The molecule has 0 aliphatic carbocycles. The van der Waals surface area contributed by atoms with Crippen molar-refractivity contribution in [2.75, 3.05) is 0 Å². The van der Waals surface area contributed by atoms with Crippen molar-refractivity contribution in [3.63, 3.8) is 0 Å². The van der Waals surface area contributed by atoms with Gasteiger partial charge in [0.15, 0.2) is 0 Å². The molecule has 66 valence electrons. The van der Waals surface area contributed by atoms with Gasteiger partial charge in [0, 0.05) is 12.0 Å². The molecule has 2 nitrogen and oxygen atoms in total. The first kappa shape index (κ1) is 9.04. The highest BCUT2D eigenvalue weighted by atomic mass is 16.6. The first-order chi connectivity index (χ1) is 5.48. The Morgan fingerprint density at radius 3 is 2.50 bits per heavy atom. The smallest absolute Gasteiger partial charge is 0.334 e. The topological polar surface area (TPSA) is 26.3 Å². The summed E-state index contributed by atoms with van der Waals surface area (Å²) in [7, 11) is 0. The Hall–Kier alpha value is -1.05. The summed E-state index contributed by atoms with van der Waals surface area (Å²) in [6.45, 7) is 9.36. The number of esters is 1. The predicted octanol–water partition coefficient (Wildman–Crippen LogP) is 2.21. The van der Waals surface area contributed by atoms with Crippen molar-refractivity contribution in [2.45, 2.75) is 32.8 Å². The molecule has 2 heteroatoms. The Morgan fingerprint density at radius 1 is 1.67 bits per heavy atom. The quantitative estimate of drug-likeness (QED) is 0.339. The van der Waals surface area contributed by atoms with E-state index >= 15 is 0 Å². The lowest BCUT2D eigenvalue weighted by atomic mass is 9.98. The van der Waals surface area contributed by atoms with Gasteiger partial charge in [-0.1, -0.05) is 12.2 Å². The number of carbonyl (C=O) groups excluding carboxylic acids is 1. The van der Waals surface area contributed by atoms with E-state index in [1.54, 1.807) is 6.08 Å². The maximum atomic E-state index is 11.3. The number of carbonyl (C=O) groups is 1. The van der Waals surface area contributed by atoms with Crippen LogP contribution in [0.4, 0.5) is 0 Å². The van der Waals surface area contributed by atoms with E-state index in [2.05, 4.69) is 6.58 Å².